The lowest BCUT2D eigenvalue weighted by Crippen LogP contribution is -2.27. The van der Waals surface area contributed by atoms with Crippen molar-refractivity contribution in [3.8, 4) is 0 Å². The minimum atomic E-state index is -2.55. The molecular weight excluding hydrogens is 317 g/mol. The fraction of sp³-hybridized carbons (Fsp3) is 1.00. The lowest BCUT2D eigenvalue weighted by atomic mass is 10.4. The predicted octanol–water partition coefficient (Wildman–Crippen LogP) is 6.25. The molecule has 0 aliphatic rings. The van der Waals surface area contributed by atoms with Gasteiger partial charge in [-0.05, 0) is 52.1 Å². The Hall–Kier alpha value is 0.544. The second-order valence-corrected chi connectivity index (χ2v) is 18.9. The van der Waals surface area contributed by atoms with Crippen molar-refractivity contribution in [1.82, 2.24) is 0 Å². The Morgan fingerprint density at radius 1 is 0.810 bits per heavy atom. The van der Waals surface area contributed by atoms with Crippen LogP contribution in [0.2, 0.25) is 39.3 Å². The Morgan fingerprint density at radius 2 is 1.24 bits per heavy atom. The number of nitrogens with zero attached hydrogens (tertiary/aromatic N) is 1. The van der Waals surface area contributed by atoms with Gasteiger partial charge in [-0.25, -0.2) is 0 Å². The summed E-state index contributed by atoms with van der Waals surface area (Å²) in [6, 6.07) is 0. The zero-order chi connectivity index (χ0) is 16.6. The Labute approximate surface area is 134 Å². The minimum absolute atomic E-state index is 0.675. The zero-order valence-electron chi connectivity index (χ0n) is 15.4. The van der Waals surface area contributed by atoms with E-state index in [4.69, 9.17) is 17.7 Å². The molecule has 0 aromatic rings. The molecule has 0 atom stereocenters. The van der Waals surface area contributed by atoms with Gasteiger partial charge in [0.1, 0.15) is 0 Å². The summed E-state index contributed by atoms with van der Waals surface area (Å²) >= 11 is 0. The number of unbranched alkanes of at least 4 members (excludes halogenated alkanes) is 2. The highest BCUT2D eigenvalue weighted by Gasteiger charge is 2.33. The van der Waals surface area contributed by atoms with Crippen molar-refractivity contribution in [2.24, 2.45) is 4.41 Å². The maximum atomic E-state index is 6.37. The van der Waals surface area contributed by atoms with Crippen LogP contribution in [0, 0.1) is 0 Å². The summed E-state index contributed by atoms with van der Waals surface area (Å²) in [5.41, 5.74) is 0. The van der Waals surface area contributed by atoms with E-state index in [2.05, 4.69) is 53.1 Å². The smallest absolute Gasteiger partial charge is 0.336 e. The summed E-state index contributed by atoms with van der Waals surface area (Å²) in [6.45, 7) is 18.8. The van der Waals surface area contributed by atoms with Gasteiger partial charge in [-0.3, -0.25) is 4.41 Å². The van der Waals surface area contributed by atoms with E-state index in [1.54, 1.807) is 0 Å². The molecule has 0 bridgehead atoms. The van der Waals surface area contributed by atoms with Crippen molar-refractivity contribution in [2.75, 3.05) is 13.2 Å². The first kappa shape index (κ1) is 21.5. The van der Waals surface area contributed by atoms with Crippen LogP contribution >= 0.6 is 7.74 Å². The molecule has 0 aliphatic heterocycles. The molecule has 7 heteroatoms. The van der Waals surface area contributed by atoms with Crippen LogP contribution in [0.1, 0.15) is 39.5 Å². The van der Waals surface area contributed by atoms with E-state index in [9.17, 15) is 0 Å². The molecule has 0 rings (SSSR count). The summed E-state index contributed by atoms with van der Waals surface area (Å²) in [4.78, 5) is 0. The van der Waals surface area contributed by atoms with Crippen LogP contribution in [0.4, 0.5) is 0 Å². The van der Waals surface area contributed by atoms with Crippen molar-refractivity contribution in [3.05, 3.63) is 0 Å². The highest BCUT2D eigenvalue weighted by Crippen LogP contribution is 2.56. The Kier molecular flexibility index (Phi) is 9.88. The molecule has 0 fully saturated rings. The third kappa shape index (κ3) is 11.7. The fourth-order valence-electron chi connectivity index (χ4n) is 1.53. The molecule has 128 valence electrons. The Balaban J connectivity index is 5.32. The predicted molar refractivity (Wildman–Crippen MR) is 98.8 cm³/mol. The maximum Gasteiger partial charge on any atom is 0.336 e. The number of hydrogen-bond donors (Lipinski definition) is 0. The molecule has 0 amide bonds. The van der Waals surface area contributed by atoms with Gasteiger partial charge < -0.3 is 13.3 Å². The van der Waals surface area contributed by atoms with Gasteiger partial charge in [0.2, 0.25) is 0 Å². The lowest BCUT2D eigenvalue weighted by Gasteiger charge is -2.32. The summed E-state index contributed by atoms with van der Waals surface area (Å²) in [7, 11) is -6.03. The molecule has 0 radical (unpaired) electrons. The van der Waals surface area contributed by atoms with Gasteiger partial charge >= 0.3 is 7.74 Å². The highest BCUT2D eigenvalue weighted by molar-refractivity contribution is 7.54. The average Bonchev–Trinajstić information content (AvgIpc) is 2.25. The Bertz CT molecular complexity index is 324. The largest absolute Gasteiger partial charge is 0.346 e. The van der Waals surface area contributed by atoms with E-state index < -0.39 is 24.3 Å². The first-order valence-electron chi connectivity index (χ1n) is 8.17. The normalized spacial score (nSPS) is 13.5. The van der Waals surface area contributed by atoms with Crippen molar-refractivity contribution in [2.45, 2.75) is 78.8 Å². The molecule has 0 heterocycles. The minimum Gasteiger partial charge on any atom is -0.346 e. The molecule has 0 saturated heterocycles. The maximum absolute atomic E-state index is 6.37. The summed E-state index contributed by atoms with van der Waals surface area (Å²) < 4.78 is 23.6. The van der Waals surface area contributed by atoms with Gasteiger partial charge in [0.25, 0.3) is 0 Å². The second kappa shape index (κ2) is 9.63. The standard InChI is InChI=1S/C14H36NO3PSi2/c1-9-11-13-16-19(15-20(3,4)5,17-14-12-10-2)18-21(6,7)8/h9-14H2,1-8H3. The SMILES string of the molecule is CCCCOP(=N[Si](C)(C)C)(OCCCC)O[Si](C)(C)C. The van der Waals surface area contributed by atoms with Crippen LogP contribution in [0.3, 0.4) is 0 Å². The van der Waals surface area contributed by atoms with E-state index in [1.807, 2.05) is 0 Å². The van der Waals surface area contributed by atoms with Crippen molar-refractivity contribution in [3.63, 3.8) is 0 Å². The number of hydrogen-bond acceptors (Lipinski definition) is 4. The van der Waals surface area contributed by atoms with Crippen molar-refractivity contribution in [1.29, 1.82) is 0 Å². The lowest BCUT2D eigenvalue weighted by molar-refractivity contribution is 0.188. The summed E-state index contributed by atoms with van der Waals surface area (Å²) in [6.07, 6.45) is 4.26. The molecule has 4 nitrogen and oxygen atoms in total. The van der Waals surface area contributed by atoms with Crippen molar-refractivity contribution < 1.29 is 13.3 Å². The molecule has 0 aromatic heterocycles. The van der Waals surface area contributed by atoms with E-state index in [0.717, 1.165) is 25.7 Å². The van der Waals surface area contributed by atoms with E-state index in [0.29, 0.717) is 13.2 Å². The average molecular weight is 354 g/mol. The molecule has 0 aliphatic carbocycles. The van der Waals surface area contributed by atoms with E-state index >= 15 is 0 Å². The summed E-state index contributed by atoms with van der Waals surface area (Å²) in [5, 5.41) is 0. The third-order valence-electron chi connectivity index (χ3n) is 2.32. The summed E-state index contributed by atoms with van der Waals surface area (Å²) in [5.74, 6) is 0. The van der Waals surface area contributed by atoms with Crippen LogP contribution < -0.4 is 0 Å². The molecular formula is C14H36NO3PSi2. The van der Waals surface area contributed by atoms with Gasteiger partial charge in [0, 0.05) is 0 Å². The van der Waals surface area contributed by atoms with Crippen LogP contribution in [0.5, 0.6) is 0 Å². The molecule has 0 N–H and O–H groups in total. The van der Waals surface area contributed by atoms with Crippen LogP contribution in [-0.4, -0.2) is 29.8 Å². The molecule has 0 unspecified atom stereocenters. The van der Waals surface area contributed by atoms with Gasteiger partial charge in [-0.15, -0.1) is 0 Å². The molecule has 0 spiro atoms. The molecule has 0 aromatic carbocycles. The molecule has 21 heavy (non-hydrogen) atoms. The first-order chi connectivity index (χ1) is 9.54. The fourth-order valence-corrected chi connectivity index (χ4v) is 9.45. The van der Waals surface area contributed by atoms with E-state index in [1.165, 1.54) is 0 Å². The third-order valence-corrected chi connectivity index (χ3v) is 9.83. The van der Waals surface area contributed by atoms with Crippen LogP contribution in [0.25, 0.3) is 0 Å². The van der Waals surface area contributed by atoms with Crippen LogP contribution in [0.15, 0.2) is 4.41 Å². The van der Waals surface area contributed by atoms with Crippen molar-refractivity contribution >= 4 is 24.3 Å². The monoisotopic (exact) mass is 353 g/mol. The zero-order valence-corrected chi connectivity index (χ0v) is 18.3. The quantitative estimate of drug-likeness (QED) is 0.250. The molecule has 0 saturated carbocycles. The first-order valence-corrected chi connectivity index (χ1v) is 16.5. The van der Waals surface area contributed by atoms with Gasteiger partial charge in [0.15, 0.2) is 16.6 Å². The van der Waals surface area contributed by atoms with E-state index in [-0.39, 0.29) is 0 Å². The highest BCUT2D eigenvalue weighted by atomic mass is 31.2. The Morgan fingerprint density at radius 3 is 1.52 bits per heavy atom. The van der Waals surface area contributed by atoms with Gasteiger partial charge in [-0.2, -0.15) is 0 Å². The topological polar surface area (TPSA) is 40.0 Å². The van der Waals surface area contributed by atoms with Gasteiger partial charge in [-0.1, -0.05) is 26.7 Å². The second-order valence-electron chi connectivity index (χ2n) is 7.32. The van der Waals surface area contributed by atoms with Gasteiger partial charge in [0.05, 0.1) is 13.2 Å². The van der Waals surface area contributed by atoms with Crippen LogP contribution in [-0.2, 0) is 13.3 Å². The number of rotatable bonds is 11.